The minimum atomic E-state index is 1.05. The summed E-state index contributed by atoms with van der Waals surface area (Å²) in [6.07, 6.45) is 12.6. The Bertz CT molecular complexity index is 1180. The van der Waals surface area contributed by atoms with Gasteiger partial charge in [0.05, 0.1) is 0 Å². The van der Waals surface area contributed by atoms with Crippen LogP contribution in [-0.2, 0) is 25.9 Å². The van der Waals surface area contributed by atoms with Crippen LogP contribution in [0.4, 0.5) is 0 Å². The number of rotatable bonds is 27. The monoisotopic (exact) mass is 646 g/mol. The fourth-order valence-corrected chi connectivity index (χ4v) is 6.46. The van der Waals surface area contributed by atoms with Gasteiger partial charge in [-0.15, -0.1) is 0 Å². The first-order chi connectivity index (χ1) is 23.8. The molecule has 0 aliphatic heterocycles. The van der Waals surface area contributed by atoms with Crippen LogP contribution in [-0.4, -0.2) is 62.2 Å². The van der Waals surface area contributed by atoms with Crippen LogP contribution < -0.4 is 10.6 Å². The summed E-state index contributed by atoms with van der Waals surface area (Å²) in [7, 11) is 0. The maximum Gasteiger partial charge on any atom is 0.0233 e. The number of benzene rings is 4. The van der Waals surface area contributed by atoms with E-state index in [1.54, 1.807) is 0 Å². The molecular formula is C44H62N4. The maximum absolute atomic E-state index is 3.66. The van der Waals surface area contributed by atoms with Crippen LogP contribution in [0.25, 0.3) is 0 Å². The second-order valence-corrected chi connectivity index (χ2v) is 13.3. The molecule has 4 rings (SSSR count). The van der Waals surface area contributed by atoms with Crippen molar-refractivity contribution in [3.8, 4) is 0 Å². The molecule has 48 heavy (non-hydrogen) atoms. The standard InChI is InChI=1S/C44H62N4/c1(3-17-35-47(39-43-25-13-7-14-26-43)37-19-31-45-33-29-41-21-9-5-10-22-41)2-4-18-36-48(40-44-27-15-8-16-28-44)38-20-32-46-34-30-42-23-11-6-12-24-42/h5-16,21-28,45-46H,1-4,17-20,29-40H2. The Morgan fingerprint density at radius 1 is 0.312 bits per heavy atom. The van der Waals surface area contributed by atoms with Gasteiger partial charge in [0, 0.05) is 13.1 Å². The van der Waals surface area contributed by atoms with Crippen LogP contribution in [0.2, 0.25) is 0 Å². The van der Waals surface area contributed by atoms with Gasteiger partial charge >= 0.3 is 0 Å². The third kappa shape index (κ3) is 17.2. The largest absolute Gasteiger partial charge is 0.316 e. The highest BCUT2D eigenvalue weighted by Gasteiger charge is 2.08. The molecule has 0 heterocycles. The first-order valence-electron chi connectivity index (χ1n) is 18.9. The van der Waals surface area contributed by atoms with Crippen LogP contribution in [0.3, 0.4) is 0 Å². The number of hydrogen-bond acceptors (Lipinski definition) is 4. The average molecular weight is 647 g/mol. The molecule has 0 spiro atoms. The summed E-state index contributed by atoms with van der Waals surface area (Å²) in [6.45, 7) is 11.1. The maximum atomic E-state index is 3.66. The van der Waals surface area contributed by atoms with Crippen molar-refractivity contribution in [1.29, 1.82) is 0 Å². The summed E-state index contributed by atoms with van der Waals surface area (Å²) >= 11 is 0. The van der Waals surface area contributed by atoms with Gasteiger partial charge in [0.15, 0.2) is 0 Å². The Labute approximate surface area is 293 Å². The third-order valence-electron chi connectivity index (χ3n) is 9.22. The molecule has 4 nitrogen and oxygen atoms in total. The summed E-state index contributed by atoms with van der Waals surface area (Å²) < 4.78 is 0. The molecule has 4 aromatic carbocycles. The van der Waals surface area contributed by atoms with E-state index >= 15 is 0 Å². The van der Waals surface area contributed by atoms with E-state index in [-0.39, 0.29) is 0 Å². The molecule has 0 bridgehead atoms. The number of nitrogens with zero attached hydrogens (tertiary/aromatic N) is 2. The highest BCUT2D eigenvalue weighted by molar-refractivity contribution is 5.17. The lowest BCUT2D eigenvalue weighted by molar-refractivity contribution is 0.250. The molecule has 4 aromatic rings. The van der Waals surface area contributed by atoms with Gasteiger partial charge in [0.25, 0.3) is 0 Å². The molecule has 0 saturated carbocycles. The van der Waals surface area contributed by atoms with Crippen molar-refractivity contribution in [2.45, 2.75) is 77.3 Å². The highest BCUT2D eigenvalue weighted by atomic mass is 15.1. The Morgan fingerprint density at radius 2 is 0.625 bits per heavy atom. The van der Waals surface area contributed by atoms with Gasteiger partial charge in [0.2, 0.25) is 0 Å². The SMILES string of the molecule is c1ccc(CCNCCCN(CCCCCCCCN(CCCNCCc2ccccc2)Cc2ccccc2)Cc2ccccc2)cc1. The zero-order valence-corrected chi connectivity index (χ0v) is 29.6. The molecule has 0 unspecified atom stereocenters. The van der Waals surface area contributed by atoms with Gasteiger partial charge in [0.1, 0.15) is 0 Å². The van der Waals surface area contributed by atoms with Gasteiger partial charge in [-0.3, -0.25) is 9.80 Å². The van der Waals surface area contributed by atoms with Crippen LogP contribution in [0, 0.1) is 0 Å². The molecule has 0 atom stereocenters. The van der Waals surface area contributed by atoms with Crippen molar-refractivity contribution in [3.63, 3.8) is 0 Å². The molecular weight excluding hydrogens is 585 g/mol. The minimum Gasteiger partial charge on any atom is -0.316 e. The van der Waals surface area contributed by atoms with E-state index in [2.05, 4.69) is 142 Å². The number of hydrogen-bond donors (Lipinski definition) is 2. The summed E-state index contributed by atoms with van der Waals surface area (Å²) in [4.78, 5) is 5.35. The van der Waals surface area contributed by atoms with E-state index in [1.807, 2.05) is 0 Å². The molecule has 0 aliphatic carbocycles. The normalized spacial score (nSPS) is 11.5. The van der Waals surface area contributed by atoms with Gasteiger partial charge < -0.3 is 10.6 Å². The first-order valence-corrected chi connectivity index (χ1v) is 18.9. The van der Waals surface area contributed by atoms with Crippen molar-refractivity contribution in [1.82, 2.24) is 20.4 Å². The Kier molecular flexibility index (Phi) is 19.4. The van der Waals surface area contributed by atoms with E-state index in [0.29, 0.717) is 0 Å². The van der Waals surface area contributed by atoms with Crippen LogP contribution in [0.15, 0.2) is 121 Å². The first kappa shape index (κ1) is 37.5. The molecule has 2 N–H and O–H groups in total. The smallest absolute Gasteiger partial charge is 0.0233 e. The van der Waals surface area contributed by atoms with E-state index in [4.69, 9.17) is 0 Å². The molecule has 0 radical (unpaired) electrons. The zero-order valence-electron chi connectivity index (χ0n) is 29.6. The van der Waals surface area contributed by atoms with E-state index < -0.39 is 0 Å². The third-order valence-corrected chi connectivity index (χ3v) is 9.22. The topological polar surface area (TPSA) is 30.5 Å². The minimum absolute atomic E-state index is 1.05. The summed E-state index contributed by atoms with van der Waals surface area (Å²) in [6, 6.07) is 43.6. The molecule has 0 aliphatic rings. The Morgan fingerprint density at radius 3 is 1.00 bits per heavy atom. The van der Waals surface area contributed by atoms with Crippen molar-refractivity contribution in [2.75, 3.05) is 52.4 Å². The molecule has 4 heteroatoms. The fourth-order valence-electron chi connectivity index (χ4n) is 6.46. The molecule has 0 amide bonds. The van der Waals surface area contributed by atoms with Gasteiger partial charge in [-0.2, -0.15) is 0 Å². The van der Waals surface area contributed by atoms with Gasteiger partial charge in [-0.05, 0) is 113 Å². The van der Waals surface area contributed by atoms with Gasteiger partial charge in [-0.1, -0.05) is 147 Å². The molecule has 0 saturated heterocycles. The van der Waals surface area contributed by atoms with E-state index in [1.165, 1.54) is 86.7 Å². The van der Waals surface area contributed by atoms with Crippen molar-refractivity contribution >= 4 is 0 Å². The average Bonchev–Trinajstić information content (AvgIpc) is 3.13. The summed E-state index contributed by atoms with van der Waals surface area (Å²) in [5.41, 5.74) is 5.69. The Balaban J connectivity index is 1.07. The lowest BCUT2D eigenvalue weighted by Crippen LogP contribution is -2.29. The highest BCUT2D eigenvalue weighted by Crippen LogP contribution is 2.12. The van der Waals surface area contributed by atoms with E-state index in [0.717, 1.165) is 65.2 Å². The quantitative estimate of drug-likeness (QED) is 0.0635. The molecule has 0 fully saturated rings. The van der Waals surface area contributed by atoms with Crippen molar-refractivity contribution < 1.29 is 0 Å². The lowest BCUT2D eigenvalue weighted by atomic mass is 10.1. The summed E-state index contributed by atoms with van der Waals surface area (Å²) in [5.74, 6) is 0. The fraction of sp³-hybridized carbons (Fsp3) is 0.455. The van der Waals surface area contributed by atoms with Gasteiger partial charge in [-0.25, -0.2) is 0 Å². The van der Waals surface area contributed by atoms with Crippen LogP contribution >= 0.6 is 0 Å². The second-order valence-electron chi connectivity index (χ2n) is 13.3. The second kappa shape index (κ2) is 24.8. The summed E-state index contributed by atoms with van der Waals surface area (Å²) in [5, 5.41) is 7.32. The van der Waals surface area contributed by atoms with Crippen LogP contribution in [0.5, 0.6) is 0 Å². The lowest BCUT2D eigenvalue weighted by Gasteiger charge is -2.23. The van der Waals surface area contributed by atoms with Crippen LogP contribution in [0.1, 0.15) is 73.6 Å². The molecule has 0 aromatic heterocycles. The number of unbranched alkanes of at least 4 members (excludes halogenated alkanes) is 5. The predicted molar refractivity (Wildman–Crippen MR) is 206 cm³/mol. The Hall–Kier alpha value is -3.28. The zero-order chi connectivity index (χ0) is 33.2. The van der Waals surface area contributed by atoms with E-state index in [9.17, 15) is 0 Å². The molecule has 258 valence electrons. The van der Waals surface area contributed by atoms with Crippen molar-refractivity contribution in [3.05, 3.63) is 144 Å². The number of nitrogens with one attached hydrogen (secondary N) is 2. The predicted octanol–water partition coefficient (Wildman–Crippen LogP) is 8.78. The van der Waals surface area contributed by atoms with Crippen molar-refractivity contribution in [2.24, 2.45) is 0 Å².